The number of benzene rings is 1. The van der Waals surface area contributed by atoms with Gasteiger partial charge in [0, 0.05) is 11.1 Å². The Kier molecular flexibility index (Phi) is 3.40. The molecule has 0 amide bonds. The molecule has 1 aliphatic rings. The summed E-state index contributed by atoms with van der Waals surface area (Å²) in [7, 11) is 0. The molecule has 2 aromatic rings. The maximum Gasteiger partial charge on any atom is 0.254 e. The van der Waals surface area contributed by atoms with E-state index in [9.17, 15) is 4.79 Å². The van der Waals surface area contributed by atoms with E-state index < -0.39 is 0 Å². The van der Waals surface area contributed by atoms with Crippen molar-refractivity contribution < 1.29 is 4.74 Å². The minimum absolute atomic E-state index is 0.0861. The van der Waals surface area contributed by atoms with Gasteiger partial charge in [0.1, 0.15) is 11.9 Å². The van der Waals surface area contributed by atoms with Crippen LogP contribution in [-0.4, -0.2) is 16.1 Å². The van der Waals surface area contributed by atoms with Crippen molar-refractivity contribution in [1.82, 2.24) is 9.97 Å². The van der Waals surface area contributed by atoms with Gasteiger partial charge in [0.05, 0.1) is 11.8 Å². The van der Waals surface area contributed by atoms with Gasteiger partial charge >= 0.3 is 0 Å². The molecule has 4 heteroatoms. The van der Waals surface area contributed by atoms with Crippen molar-refractivity contribution in [2.45, 2.75) is 38.9 Å². The van der Waals surface area contributed by atoms with Crippen LogP contribution in [0.1, 0.15) is 37.3 Å². The molecule has 2 unspecified atom stereocenters. The highest BCUT2D eigenvalue weighted by Crippen LogP contribution is 2.31. The van der Waals surface area contributed by atoms with Crippen LogP contribution >= 0.6 is 0 Å². The highest BCUT2D eigenvalue weighted by Gasteiger charge is 2.26. The lowest BCUT2D eigenvalue weighted by molar-refractivity contribution is 0.0502. The summed E-state index contributed by atoms with van der Waals surface area (Å²) in [6.07, 6.45) is 2.04. The molecular formula is C16H18N2O2. The first-order valence-electron chi connectivity index (χ1n) is 6.97. The summed E-state index contributed by atoms with van der Waals surface area (Å²) in [5.41, 5.74) is 2.26. The van der Waals surface area contributed by atoms with E-state index in [4.69, 9.17) is 4.74 Å². The molecule has 2 atom stereocenters. The van der Waals surface area contributed by atoms with Crippen LogP contribution in [0.15, 0.2) is 35.1 Å². The van der Waals surface area contributed by atoms with Gasteiger partial charge in [-0.3, -0.25) is 4.79 Å². The van der Waals surface area contributed by atoms with E-state index >= 15 is 0 Å². The van der Waals surface area contributed by atoms with Gasteiger partial charge in [-0.05, 0) is 26.7 Å². The van der Waals surface area contributed by atoms with E-state index in [-0.39, 0.29) is 17.8 Å². The number of rotatable bonds is 2. The monoisotopic (exact) mass is 270 g/mol. The minimum atomic E-state index is -0.0965. The Morgan fingerprint density at radius 1 is 1.25 bits per heavy atom. The van der Waals surface area contributed by atoms with E-state index in [2.05, 4.69) is 9.97 Å². The number of hydrogen-bond acceptors (Lipinski definition) is 3. The number of ether oxygens (including phenoxy) is 1. The van der Waals surface area contributed by atoms with Gasteiger partial charge in [0.2, 0.25) is 0 Å². The summed E-state index contributed by atoms with van der Waals surface area (Å²) in [5.74, 6) is 0.642. The standard InChI is InChI=1S/C16H18N2O2/c1-10-8-9-13(20-10)15-17-14(11(2)16(19)18-15)12-6-4-3-5-7-12/h3-7,10,13H,8-9H2,1-2H3,(H,17,18,19). The Hall–Kier alpha value is -1.94. The van der Waals surface area contributed by atoms with E-state index in [1.54, 1.807) is 6.92 Å². The molecule has 1 aliphatic heterocycles. The van der Waals surface area contributed by atoms with Gasteiger partial charge in [-0.1, -0.05) is 30.3 Å². The number of aromatic amines is 1. The van der Waals surface area contributed by atoms with Crippen LogP contribution in [0.3, 0.4) is 0 Å². The van der Waals surface area contributed by atoms with Crippen molar-refractivity contribution in [3.8, 4) is 11.3 Å². The van der Waals surface area contributed by atoms with E-state index in [0.29, 0.717) is 11.4 Å². The first-order chi connectivity index (χ1) is 9.65. The van der Waals surface area contributed by atoms with Crippen LogP contribution in [0, 0.1) is 6.92 Å². The zero-order valence-corrected chi connectivity index (χ0v) is 11.7. The third-order valence-corrected chi connectivity index (χ3v) is 3.75. The number of H-pyrrole nitrogens is 1. The molecule has 3 rings (SSSR count). The van der Waals surface area contributed by atoms with Crippen LogP contribution in [0.2, 0.25) is 0 Å². The fraction of sp³-hybridized carbons (Fsp3) is 0.375. The van der Waals surface area contributed by atoms with E-state index in [0.717, 1.165) is 24.1 Å². The second-order valence-corrected chi connectivity index (χ2v) is 5.30. The van der Waals surface area contributed by atoms with Crippen LogP contribution in [0.5, 0.6) is 0 Å². The second-order valence-electron chi connectivity index (χ2n) is 5.30. The molecular weight excluding hydrogens is 252 g/mol. The lowest BCUT2D eigenvalue weighted by atomic mass is 10.1. The number of hydrogen-bond donors (Lipinski definition) is 1. The predicted molar refractivity (Wildman–Crippen MR) is 77.6 cm³/mol. The molecule has 104 valence electrons. The average Bonchev–Trinajstić information content (AvgIpc) is 2.89. The quantitative estimate of drug-likeness (QED) is 0.912. The first-order valence-corrected chi connectivity index (χ1v) is 6.97. The highest BCUT2D eigenvalue weighted by molar-refractivity contribution is 5.62. The van der Waals surface area contributed by atoms with Gasteiger partial charge in [0.15, 0.2) is 0 Å². The van der Waals surface area contributed by atoms with Crippen LogP contribution in [0.4, 0.5) is 0 Å². The molecule has 1 fully saturated rings. The summed E-state index contributed by atoms with van der Waals surface area (Å²) in [5, 5.41) is 0. The zero-order valence-electron chi connectivity index (χ0n) is 11.7. The molecule has 2 heterocycles. The fourth-order valence-electron chi connectivity index (χ4n) is 2.58. The van der Waals surface area contributed by atoms with Crippen molar-refractivity contribution in [3.05, 3.63) is 52.1 Å². The molecule has 0 radical (unpaired) electrons. The Labute approximate surface area is 117 Å². The molecule has 0 bridgehead atoms. The Morgan fingerprint density at radius 3 is 2.65 bits per heavy atom. The van der Waals surface area contributed by atoms with Crippen LogP contribution < -0.4 is 5.56 Å². The maximum atomic E-state index is 12.1. The number of nitrogens with zero attached hydrogens (tertiary/aromatic N) is 1. The van der Waals surface area contributed by atoms with Crippen LogP contribution in [-0.2, 0) is 4.74 Å². The number of aromatic nitrogens is 2. The van der Waals surface area contributed by atoms with Crippen molar-refractivity contribution in [3.63, 3.8) is 0 Å². The van der Waals surface area contributed by atoms with Gasteiger partial charge in [0.25, 0.3) is 5.56 Å². The molecule has 0 saturated carbocycles. The largest absolute Gasteiger partial charge is 0.367 e. The average molecular weight is 270 g/mol. The predicted octanol–water partition coefficient (Wildman–Crippen LogP) is 2.99. The summed E-state index contributed by atoms with van der Waals surface area (Å²) in [6.45, 7) is 3.85. The van der Waals surface area contributed by atoms with E-state index in [1.165, 1.54) is 0 Å². The van der Waals surface area contributed by atoms with Gasteiger partial charge < -0.3 is 9.72 Å². The molecule has 0 aliphatic carbocycles. The molecule has 20 heavy (non-hydrogen) atoms. The second kappa shape index (κ2) is 5.21. The van der Waals surface area contributed by atoms with Crippen molar-refractivity contribution >= 4 is 0 Å². The first kappa shape index (κ1) is 13.1. The Balaban J connectivity index is 2.07. The molecule has 1 aromatic carbocycles. The summed E-state index contributed by atoms with van der Waals surface area (Å²) >= 11 is 0. The number of nitrogens with one attached hydrogen (secondary N) is 1. The smallest absolute Gasteiger partial charge is 0.254 e. The summed E-state index contributed by atoms with van der Waals surface area (Å²) in [6, 6.07) is 9.79. The zero-order chi connectivity index (χ0) is 14.1. The third kappa shape index (κ3) is 2.39. The lowest BCUT2D eigenvalue weighted by Crippen LogP contribution is -2.18. The van der Waals surface area contributed by atoms with Crippen molar-refractivity contribution in [2.24, 2.45) is 0 Å². The Bertz CT molecular complexity index is 664. The maximum absolute atomic E-state index is 12.1. The minimum Gasteiger partial charge on any atom is -0.367 e. The molecule has 1 N–H and O–H groups in total. The van der Waals surface area contributed by atoms with Crippen molar-refractivity contribution in [2.75, 3.05) is 0 Å². The lowest BCUT2D eigenvalue weighted by Gasteiger charge is -2.13. The molecule has 0 spiro atoms. The topological polar surface area (TPSA) is 55.0 Å². The third-order valence-electron chi connectivity index (χ3n) is 3.75. The van der Waals surface area contributed by atoms with Gasteiger partial charge in [-0.2, -0.15) is 0 Å². The molecule has 1 saturated heterocycles. The SMILES string of the molecule is Cc1c(-c2ccccc2)nc(C2CCC(C)O2)[nH]c1=O. The fourth-order valence-corrected chi connectivity index (χ4v) is 2.58. The Morgan fingerprint density at radius 2 is 2.00 bits per heavy atom. The highest BCUT2D eigenvalue weighted by atomic mass is 16.5. The van der Waals surface area contributed by atoms with Gasteiger partial charge in [-0.25, -0.2) is 4.98 Å². The van der Waals surface area contributed by atoms with Crippen molar-refractivity contribution in [1.29, 1.82) is 0 Å². The van der Waals surface area contributed by atoms with Gasteiger partial charge in [-0.15, -0.1) is 0 Å². The summed E-state index contributed by atoms with van der Waals surface area (Å²) in [4.78, 5) is 19.6. The molecule has 4 nitrogen and oxygen atoms in total. The normalized spacial score (nSPS) is 22.1. The summed E-state index contributed by atoms with van der Waals surface area (Å²) < 4.78 is 5.80. The van der Waals surface area contributed by atoms with E-state index in [1.807, 2.05) is 37.3 Å². The van der Waals surface area contributed by atoms with Crippen LogP contribution in [0.25, 0.3) is 11.3 Å². The molecule has 1 aromatic heterocycles.